The Kier molecular flexibility index (Phi) is 8.11. The number of hydrogen-bond donors (Lipinski definition) is 0. The lowest BCUT2D eigenvalue weighted by Gasteiger charge is -2.29. The second kappa shape index (κ2) is 11.2. The molecule has 0 N–H and O–H groups in total. The molecule has 0 radical (unpaired) electrons. The van der Waals surface area contributed by atoms with Crippen molar-refractivity contribution >= 4 is 18.0 Å². The van der Waals surface area contributed by atoms with Gasteiger partial charge in [-0.05, 0) is 62.1 Å². The number of ether oxygens (including phenoxy) is 2. The number of aliphatic imine (C=N–C) groups is 1. The van der Waals surface area contributed by atoms with Gasteiger partial charge in [0.15, 0.2) is 5.76 Å². The molecule has 180 valence electrons. The smallest absolute Gasteiger partial charge is 0.300 e. The van der Waals surface area contributed by atoms with Crippen LogP contribution in [0.5, 0.6) is 5.75 Å². The second-order valence-corrected chi connectivity index (χ2v) is 9.80. The summed E-state index contributed by atoms with van der Waals surface area (Å²) in [6.45, 7) is 4.43. The van der Waals surface area contributed by atoms with Crippen molar-refractivity contribution in [2.45, 2.75) is 109 Å². The molecule has 1 aromatic rings. The van der Waals surface area contributed by atoms with Gasteiger partial charge in [0.25, 0.3) is 5.91 Å². The number of rotatable bonds is 7. The number of nitrogens with zero attached hydrogens (tertiary/aromatic N) is 2. The summed E-state index contributed by atoms with van der Waals surface area (Å²) in [5.74, 6) is 1.61. The number of amidine groups is 1. The van der Waals surface area contributed by atoms with Gasteiger partial charge in [-0.25, -0.2) is 4.99 Å². The third-order valence-corrected chi connectivity index (χ3v) is 7.65. The number of carbonyl (C=O) groups excluding carboxylic acids is 1. The molecule has 2 saturated carbocycles. The van der Waals surface area contributed by atoms with E-state index in [4.69, 9.17) is 14.5 Å². The van der Waals surface area contributed by atoms with Crippen LogP contribution in [0.25, 0.3) is 6.08 Å². The predicted octanol–water partition coefficient (Wildman–Crippen LogP) is 6.82. The summed E-state index contributed by atoms with van der Waals surface area (Å²) in [5, 5.41) is 0. The number of hydrogen-bond acceptors (Lipinski definition) is 4. The molecular formula is C28H40N2O3. The maximum atomic E-state index is 13.5. The largest absolute Gasteiger partial charge is 0.496 e. The quantitative estimate of drug-likeness (QED) is 0.427. The predicted molar refractivity (Wildman–Crippen MR) is 133 cm³/mol. The Balaban J connectivity index is 1.64. The van der Waals surface area contributed by atoms with Gasteiger partial charge in [-0.3, -0.25) is 9.69 Å². The van der Waals surface area contributed by atoms with E-state index in [-0.39, 0.29) is 18.0 Å². The van der Waals surface area contributed by atoms with Crippen LogP contribution in [-0.4, -0.2) is 36.0 Å². The number of benzene rings is 1. The minimum atomic E-state index is -0.0532. The summed E-state index contributed by atoms with van der Waals surface area (Å²) in [7, 11) is 1.69. The summed E-state index contributed by atoms with van der Waals surface area (Å²) in [6, 6.07) is 7.30. The van der Waals surface area contributed by atoms with Crippen LogP contribution in [-0.2, 0) is 9.53 Å². The Hall–Kier alpha value is -2.30. The van der Waals surface area contributed by atoms with Crippen molar-refractivity contribution in [3.8, 4) is 5.75 Å². The monoisotopic (exact) mass is 452 g/mol. The van der Waals surface area contributed by atoms with Gasteiger partial charge < -0.3 is 9.47 Å². The zero-order valence-electron chi connectivity index (χ0n) is 20.6. The van der Waals surface area contributed by atoms with Crippen molar-refractivity contribution in [3.63, 3.8) is 0 Å². The van der Waals surface area contributed by atoms with Crippen LogP contribution < -0.4 is 4.74 Å². The van der Waals surface area contributed by atoms with E-state index in [2.05, 4.69) is 32.0 Å². The van der Waals surface area contributed by atoms with Gasteiger partial charge in [0.05, 0.1) is 13.2 Å². The zero-order valence-corrected chi connectivity index (χ0v) is 20.6. The number of methoxy groups -OCH3 is 1. The van der Waals surface area contributed by atoms with Gasteiger partial charge >= 0.3 is 6.02 Å². The first kappa shape index (κ1) is 23.8. The molecule has 1 aliphatic heterocycles. The molecule has 5 nitrogen and oxygen atoms in total. The number of amides is 1. The lowest BCUT2D eigenvalue weighted by atomic mass is 9.92. The van der Waals surface area contributed by atoms with Crippen LogP contribution in [0.3, 0.4) is 0 Å². The molecule has 4 rings (SSSR count). The molecule has 3 fully saturated rings. The first-order valence-electron chi connectivity index (χ1n) is 13.1. The molecule has 0 bridgehead atoms. The van der Waals surface area contributed by atoms with Gasteiger partial charge in [0.2, 0.25) is 0 Å². The van der Waals surface area contributed by atoms with E-state index in [9.17, 15) is 4.79 Å². The fourth-order valence-corrected chi connectivity index (χ4v) is 5.61. The van der Waals surface area contributed by atoms with E-state index in [0.29, 0.717) is 17.7 Å². The van der Waals surface area contributed by atoms with Crippen LogP contribution >= 0.6 is 0 Å². The van der Waals surface area contributed by atoms with Crippen molar-refractivity contribution in [2.24, 2.45) is 4.99 Å². The maximum Gasteiger partial charge on any atom is 0.300 e. The van der Waals surface area contributed by atoms with E-state index in [1.807, 2.05) is 11.0 Å². The summed E-state index contributed by atoms with van der Waals surface area (Å²) in [5.41, 5.74) is 2.15. The molecule has 0 spiro atoms. The highest BCUT2D eigenvalue weighted by atomic mass is 16.5. The minimum absolute atomic E-state index is 0.0532. The van der Waals surface area contributed by atoms with Crippen LogP contribution in [0.4, 0.5) is 0 Å². The van der Waals surface area contributed by atoms with Crippen molar-refractivity contribution in [1.82, 2.24) is 4.90 Å². The summed E-state index contributed by atoms with van der Waals surface area (Å²) < 4.78 is 11.9. The molecule has 33 heavy (non-hydrogen) atoms. The van der Waals surface area contributed by atoms with Crippen molar-refractivity contribution < 1.29 is 14.3 Å². The van der Waals surface area contributed by atoms with Crippen LogP contribution in [0.15, 0.2) is 29.0 Å². The molecule has 1 heterocycles. The molecule has 0 aromatic heterocycles. The Bertz CT molecular complexity index is 875. The normalized spacial score (nSPS) is 23.0. The molecule has 0 unspecified atom stereocenters. The van der Waals surface area contributed by atoms with Gasteiger partial charge in [0, 0.05) is 11.6 Å². The zero-order chi connectivity index (χ0) is 23.2. The third-order valence-electron chi connectivity index (χ3n) is 7.65. The summed E-state index contributed by atoms with van der Waals surface area (Å²) in [6.07, 6.45) is 15.5. The van der Waals surface area contributed by atoms with E-state index < -0.39 is 0 Å². The van der Waals surface area contributed by atoms with Crippen molar-refractivity contribution in [2.75, 3.05) is 7.11 Å². The molecule has 1 aromatic carbocycles. The summed E-state index contributed by atoms with van der Waals surface area (Å²) >= 11 is 0. The van der Waals surface area contributed by atoms with E-state index in [1.165, 1.54) is 31.2 Å². The van der Waals surface area contributed by atoms with Crippen LogP contribution in [0, 0.1) is 0 Å². The second-order valence-electron chi connectivity index (χ2n) is 9.80. The highest BCUT2D eigenvalue weighted by molar-refractivity contribution is 6.11. The Morgan fingerprint density at radius 3 is 2.36 bits per heavy atom. The Morgan fingerprint density at radius 2 is 1.73 bits per heavy atom. The minimum Gasteiger partial charge on any atom is -0.496 e. The molecule has 3 aliphatic rings. The Labute approximate surface area is 199 Å². The first-order chi connectivity index (χ1) is 16.1. The van der Waals surface area contributed by atoms with Crippen LogP contribution in [0.1, 0.15) is 108 Å². The third kappa shape index (κ3) is 5.44. The van der Waals surface area contributed by atoms with Crippen molar-refractivity contribution in [3.05, 3.63) is 35.1 Å². The first-order valence-corrected chi connectivity index (χ1v) is 13.1. The molecule has 1 saturated heterocycles. The van der Waals surface area contributed by atoms with Gasteiger partial charge in [-0.15, -0.1) is 0 Å². The Morgan fingerprint density at radius 1 is 1.06 bits per heavy atom. The standard InChI is InChI=1S/C28H40N2O3/c1-4-20(5-2)21-16-17-22(25(18-21)32-3)19-26-27(31)30(24-14-10-7-11-15-24)28(33-26)29-23-12-8-6-9-13-23/h16-20,23-24H,4-15H2,1-3H3/b26-19+,29-28-. The SMILES string of the molecule is CCC(CC)c1ccc(/C=C2/O/C(=N\C3CCCCC3)N(C3CCCCC3)C2=O)c(OC)c1. The highest BCUT2D eigenvalue weighted by Gasteiger charge is 2.40. The van der Waals surface area contributed by atoms with E-state index in [0.717, 1.165) is 62.7 Å². The number of carbonyl (C=O) groups is 1. The fourth-order valence-electron chi connectivity index (χ4n) is 5.61. The molecule has 2 aliphatic carbocycles. The molecule has 1 amide bonds. The lowest BCUT2D eigenvalue weighted by molar-refractivity contribution is -0.124. The average Bonchev–Trinajstić information content (AvgIpc) is 3.16. The average molecular weight is 453 g/mol. The van der Waals surface area contributed by atoms with Gasteiger partial charge in [-0.2, -0.15) is 0 Å². The van der Waals surface area contributed by atoms with E-state index in [1.54, 1.807) is 7.11 Å². The fraction of sp³-hybridized carbons (Fsp3) is 0.643. The molecular weight excluding hydrogens is 412 g/mol. The maximum absolute atomic E-state index is 13.5. The van der Waals surface area contributed by atoms with Crippen molar-refractivity contribution in [1.29, 1.82) is 0 Å². The van der Waals surface area contributed by atoms with Gasteiger partial charge in [0.1, 0.15) is 5.75 Å². The molecule has 5 heteroatoms. The molecule has 0 atom stereocenters. The van der Waals surface area contributed by atoms with Crippen LogP contribution in [0.2, 0.25) is 0 Å². The summed E-state index contributed by atoms with van der Waals surface area (Å²) in [4.78, 5) is 20.4. The lowest BCUT2D eigenvalue weighted by Crippen LogP contribution is -2.41. The topological polar surface area (TPSA) is 51.1 Å². The highest BCUT2D eigenvalue weighted by Crippen LogP contribution is 2.34. The van der Waals surface area contributed by atoms with Gasteiger partial charge in [-0.1, -0.05) is 64.5 Å². The van der Waals surface area contributed by atoms with E-state index >= 15 is 0 Å².